The fraction of sp³-hybridized carbons (Fsp3) is 0. The van der Waals surface area contributed by atoms with Crippen LogP contribution in [0.25, 0.3) is 149 Å². The molecule has 66 heavy (non-hydrogen) atoms. The number of hydrogen-bond acceptors (Lipinski definition) is 6. The van der Waals surface area contributed by atoms with Crippen molar-refractivity contribution in [3.05, 3.63) is 194 Å². The second-order valence-corrected chi connectivity index (χ2v) is 17.1. The summed E-state index contributed by atoms with van der Waals surface area (Å²) in [5.74, 6) is 1.48. The molecule has 5 heterocycles. The minimum absolute atomic E-state index is 0.479. The summed E-state index contributed by atoms with van der Waals surface area (Å²) in [5.41, 5.74) is 10.4. The predicted molar refractivity (Wildman–Crippen MR) is 267 cm³/mol. The largest absolute Gasteiger partial charge is 0.456 e. The minimum Gasteiger partial charge on any atom is -0.456 e. The van der Waals surface area contributed by atoms with Gasteiger partial charge in [0.2, 0.25) is 5.95 Å². The monoisotopic (exact) mass is 844 g/mol. The Balaban J connectivity index is 1.03. The molecule has 0 bridgehead atoms. The topological polar surface area (TPSA) is 83.0 Å². The maximum Gasteiger partial charge on any atom is 0.238 e. The van der Waals surface area contributed by atoms with Crippen molar-refractivity contribution in [1.29, 1.82) is 0 Å². The third-order valence-electron chi connectivity index (χ3n) is 13.4. The van der Waals surface area contributed by atoms with E-state index in [1.807, 2.05) is 54.6 Å². The summed E-state index contributed by atoms with van der Waals surface area (Å²) in [6, 6.07) is 67.5. The molecule has 15 rings (SSSR count). The quantitative estimate of drug-likeness (QED) is 0.175. The SMILES string of the molecule is c1ccc2cc3c(cc2c1)c1cccc(-c2ccc4c(c2)oc2ccc5ccccc5c24)c1n3-c1nc(-c2ccc3c(c2)oc2ccccc23)nc(-c2cccc3c2oc2ccccc23)n1. The van der Waals surface area contributed by atoms with Gasteiger partial charge in [-0.25, -0.2) is 4.98 Å². The molecular weight excluding hydrogens is 813 g/mol. The van der Waals surface area contributed by atoms with Gasteiger partial charge in [0.25, 0.3) is 0 Å². The second-order valence-electron chi connectivity index (χ2n) is 17.1. The van der Waals surface area contributed by atoms with Crippen LogP contribution >= 0.6 is 0 Å². The summed E-state index contributed by atoms with van der Waals surface area (Å²) in [5, 5.41) is 13.1. The van der Waals surface area contributed by atoms with Gasteiger partial charge in [-0.1, -0.05) is 133 Å². The van der Waals surface area contributed by atoms with Crippen molar-refractivity contribution < 1.29 is 13.3 Å². The molecular formula is C59H32N4O3. The first-order chi connectivity index (χ1) is 32.7. The van der Waals surface area contributed by atoms with E-state index in [2.05, 4.69) is 144 Å². The van der Waals surface area contributed by atoms with Crippen molar-refractivity contribution in [1.82, 2.24) is 19.5 Å². The number of furan rings is 3. The van der Waals surface area contributed by atoms with Crippen LogP contribution in [-0.2, 0) is 0 Å². The van der Waals surface area contributed by atoms with Gasteiger partial charge in [-0.15, -0.1) is 0 Å². The van der Waals surface area contributed by atoms with Gasteiger partial charge in [-0.05, 0) is 87.8 Å². The van der Waals surface area contributed by atoms with Crippen LogP contribution in [0.2, 0.25) is 0 Å². The van der Waals surface area contributed by atoms with E-state index in [1.165, 1.54) is 10.8 Å². The highest BCUT2D eigenvalue weighted by molar-refractivity contribution is 6.20. The van der Waals surface area contributed by atoms with Crippen LogP contribution in [0.3, 0.4) is 0 Å². The molecule has 0 radical (unpaired) electrons. The zero-order chi connectivity index (χ0) is 43.0. The van der Waals surface area contributed by atoms with Gasteiger partial charge in [0, 0.05) is 54.2 Å². The Morgan fingerprint density at radius 1 is 0.333 bits per heavy atom. The fourth-order valence-corrected chi connectivity index (χ4v) is 10.4. The highest BCUT2D eigenvalue weighted by Crippen LogP contribution is 2.43. The normalized spacial score (nSPS) is 12.2. The number of rotatable bonds is 4. The molecule has 0 saturated carbocycles. The molecule has 0 N–H and O–H groups in total. The summed E-state index contributed by atoms with van der Waals surface area (Å²) in [7, 11) is 0. The molecule has 0 aliphatic carbocycles. The van der Waals surface area contributed by atoms with E-state index < -0.39 is 0 Å². The van der Waals surface area contributed by atoms with E-state index in [0.29, 0.717) is 17.6 Å². The first kappa shape index (κ1) is 35.4. The summed E-state index contributed by atoms with van der Waals surface area (Å²) in [6.07, 6.45) is 0. The van der Waals surface area contributed by atoms with E-state index in [9.17, 15) is 0 Å². The number of hydrogen-bond donors (Lipinski definition) is 0. The predicted octanol–water partition coefficient (Wildman–Crippen LogP) is 16.0. The Hall–Kier alpha value is -9.07. The molecule has 0 amide bonds. The van der Waals surface area contributed by atoms with Crippen molar-refractivity contribution in [2.24, 2.45) is 0 Å². The Morgan fingerprint density at radius 3 is 1.80 bits per heavy atom. The smallest absolute Gasteiger partial charge is 0.238 e. The van der Waals surface area contributed by atoms with Crippen molar-refractivity contribution in [3.8, 4) is 39.9 Å². The van der Waals surface area contributed by atoms with Crippen LogP contribution < -0.4 is 0 Å². The van der Waals surface area contributed by atoms with Gasteiger partial charge in [-0.3, -0.25) is 4.57 Å². The third kappa shape index (κ3) is 5.05. The van der Waals surface area contributed by atoms with Gasteiger partial charge < -0.3 is 13.3 Å². The Kier molecular flexibility index (Phi) is 7.10. The highest BCUT2D eigenvalue weighted by Gasteiger charge is 2.24. The van der Waals surface area contributed by atoms with Crippen molar-refractivity contribution in [2.75, 3.05) is 0 Å². The molecule has 0 saturated heterocycles. The molecule has 7 heteroatoms. The summed E-state index contributed by atoms with van der Waals surface area (Å²) >= 11 is 0. The number of para-hydroxylation sites is 4. The van der Waals surface area contributed by atoms with Gasteiger partial charge in [0.05, 0.1) is 16.6 Å². The average Bonchev–Trinajstić information content (AvgIpc) is 4.14. The van der Waals surface area contributed by atoms with Gasteiger partial charge in [0.1, 0.15) is 33.5 Å². The first-order valence-corrected chi connectivity index (χ1v) is 22.1. The minimum atomic E-state index is 0.479. The summed E-state index contributed by atoms with van der Waals surface area (Å²) in [6.45, 7) is 0. The fourth-order valence-electron chi connectivity index (χ4n) is 10.4. The Labute approximate surface area is 374 Å². The van der Waals surface area contributed by atoms with Crippen LogP contribution in [0.1, 0.15) is 0 Å². The third-order valence-corrected chi connectivity index (χ3v) is 13.4. The average molecular weight is 845 g/mol. The van der Waals surface area contributed by atoms with Gasteiger partial charge in [-0.2, -0.15) is 9.97 Å². The lowest BCUT2D eigenvalue weighted by Crippen LogP contribution is -2.07. The molecule has 15 aromatic rings. The summed E-state index contributed by atoms with van der Waals surface area (Å²) in [4.78, 5) is 16.2. The van der Waals surface area contributed by atoms with Crippen LogP contribution in [-0.4, -0.2) is 19.5 Å². The Morgan fingerprint density at radius 2 is 0.939 bits per heavy atom. The van der Waals surface area contributed by atoms with E-state index in [0.717, 1.165) is 121 Å². The van der Waals surface area contributed by atoms with Crippen molar-refractivity contribution >= 4 is 109 Å². The highest BCUT2D eigenvalue weighted by atomic mass is 16.3. The zero-order valence-corrected chi connectivity index (χ0v) is 35.0. The Bertz CT molecular complexity index is 4550. The van der Waals surface area contributed by atoms with E-state index >= 15 is 0 Å². The lowest BCUT2D eigenvalue weighted by molar-refractivity contribution is 0.668. The first-order valence-electron chi connectivity index (χ1n) is 22.1. The lowest BCUT2D eigenvalue weighted by Gasteiger charge is -2.13. The van der Waals surface area contributed by atoms with Crippen molar-refractivity contribution in [3.63, 3.8) is 0 Å². The number of aromatic nitrogens is 4. The van der Waals surface area contributed by atoms with E-state index in [4.69, 9.17) is 28.2 Å². The number of nitrogens with zero attached hydrogens (tertiary/aromatic N) is 4. The van der Waals surface area contributed by atoms with Crippen molar-refractivity contribution in [2.45, 2.75) is 0 Å². The second kappa shape index (κ2) is 13.2. The van der Waals surface area contributed by atoms with Crippen LogP contribution in [0.15, 0.2) is 207 Å². The molecule has 0 unspecified atom stereocenters. The molecule has 10 aromatic carbocycles. The van der Waals surface area contributed by atoms with E-state index in [-0.39, 0.29) is 0 Å². The molecule has 0 aliphatic rings. The molecule has 5 aromatic heterocycles. The molecule has 306 valence electrons. The van der Waals surface area contributed by atoms with E-state index in [1.54, 1.807) is 0 Å². The molecule has 0 atom stereocenters. The summed E-state index contributed by atoms with van der Waals surface area (Å²) < 4.78 is 21.9. The lowest BCUT2D eigenvalue weighted by atomic mass is 9.99. The molecule has 0 spiro atoms. The molecule has 7 nitrogen and oxygen atoms in total. The van der Waals surface area contributed by atoms with Crippen LogP contribution in [0.5, 0.6) is 0 Å². The van der Waals surface area contributed by atoms with Crippen LogP contribution in [0.4, 0.5) is 0 Å². The molecule has 0 aliphatic heterocycles. The maximum atomic E-state index is 6.64. The number of benzene rings is 10. The van der Waals surface area contributed by atoms with Gasteiger partial charge >= 0.3 is 0 Å². The number of fused-ring (bicyclic) bond motifs is 15. The zero-order valence-electron chi connectivity index (χ0n) is 35.0. The van der Waals surface area contributed by atoms with Crippen LogP contribution in [0, 0.1) is 0 Å². The molecule has 0 fully saturated rings. The maximum absolute atomic E-state index is 6.64. The van der Waals surface area contributed by atoms with Gasteiger partial charge in [0.15, 0.2) is 11.6 Å². The standard InChI is InChI=1S/C59H32N4O3/c1-2-13-35-30-48-47(29-34(35)12-1)43-18-9-17-39(36-23-27-45-53(31-36)65-51-28-25-33-11-3-4-14-38(33)54(45)51)55(43)63(48)59-61-57(37-24-26-42-40-15-5-7-21-49(40)64-52(42)32-37)60-58(62-59)46-20-10-19-44-41-16-6-8-22-50(41)66-56(44)46/h1-32H.